The van der Waals surface area contributed by atoms with E-state index in [2.05, 4.69) is 5.32 Å². The van der Waals surface area contributed by atoms with E-state index in [-0.39, 0.29) is 12.6 Å². The first-order chi connectivity index (χ1) is 9.68. The molecular weight excluding hydrogens is 260 g/mol. The predicted molar refractivity (Wildman–Crippen MR) is 73.5 cm³/mol. The summed E-state index contributed by atoms with van der Waals surface area (Å²) in [5.41, 5.74) is 0. The van der Waals surface area contributed by atoms with Gasteiger partial charge in [-0.25, -0.2) is 9.59 Å². The maximum atomic E-state index is 12.1. The molecule has 0 aromatic heterocycles. The Hall–Kier alpha value is -1.30. The van der Waals surface area contributed by atoms with Crippen molar-refractivity contribution in [2.24, 2.45) is 5.92 Å². The highest BCUT2D eigenvalue weighted by Crippen LogP contribution is 2.25. The first-order valence-corrected chi connectivity index (χ1v) is 7.53. The van der Waals surface area contributed by atoms with E-state index in [1.165, 1.54) is 37.0 Å². The van der Waals surface area contributed by atoms with Crippen LogP contribution in [-0.4, -0.2) is 54.4 Å². The van der Waals surface area contributed by atoms with Gasteiger partial charge in [0, 0.05) is 13.1 Å². The van der Waals surface area contributed by atoms with Crippen LogP contribution in [0.15, 0.2) is 0 Å². The molecule has 114 valence electrons. The zero-order chi connectivity index (χ0) is 14.4. The number of carbonyl (C=O) groups is 2. The molecule has 1 unspecified atom stereocenters. The highest BCUT2D eigenvalue weighted by molar-refractivity contribution is 5.82. The Balaban J connectivity index is 1.73. The molecule has 1 atom stereocenters. The second-order valence-corrected chi connectivity index (χ2v) is 5.65. The molecule has 2 N–H and O–H groups in total. The van der Waals surface area contributed by atoms with Crippen molar-refractivity contribution in [1.29, 1.82) is 0 Å². The van der Waals surface area contributed by atoms with Gasteiger partial charge in [-0.05, 0) is 12.3 Å². The Labute approximate surface area is 119 Å². The number of carbonyl (C=O) groups excluding carboxylic acids is 1. The minimum atomic E-state index is -1.01. The Kier molecular flexibility index (Phi) is 5.64. The lowest BCUT2D eigenvalue weighted by Crippen LogP contribution is -2.55. The third-order valence-corrected chi connectivity index (χ3v) is 4.23. The van der Waals surface area contributed by atoms with Gasteiger partial charge in [0.2, 0.25) is 0 Å². The summed E-state index contributed by atoms with van der Waals surface area (Å²) in [7, 11) is 0. The molecule has 2 rings (SSSR count). The van der Waals surface area contributed by atoms with Crippen LogP contribution in [0.5, 0.6) is 0 Å². The molecular formula is C14H24N2O4. The highest BCUT2D eigenvalue weighted by Gasteiger charge is 2.32. The van der Waals surface area contributed by atoms with Crippen molar-refractivity contribution in [3.05, 3.63) is 0 Å². The standard InChI is InChI=1S/C14H24N2O4/c17-13(18)12-10-20-9-8-16(12)14(19)15-7-6-11-4-2-1-3-5-11/h11-12H,1-10H2,(H,15,19)(H,17,18). The van der Waals surface area contributed by atoms with Gasteiger partial charge in [0.1, 0.15) is 0 Å². The molecule has 2 amide bonds. The average molecular weight is 284 g/mol. The van der Waals surface area contributed by atoms with Gasteiger partial charge in [0.05, 0.1) is 13.2 Å². The normalized spacial score (nSPS) is 24.4. The lowest BCUT2D eigenvalue weighted by atomic mass is 9.87. The van der Waals surface area contributed by atoms with Crippen LogP contribution in [0.2, 0.25) is 0 Å². The summed E-state index contributed by atoms with van der Waals surface area (Å²) < 4.78 is 5.12. The van der Waals surface area contributed by atoms with Crippen LogP contribution in [0.1, 0.15) is 38.5 Å². The molecule has 20 heavy (non-hydrogen) atoms. The molecule has 6 nitrogen and oxygen atoms in total. The fourth-order valence-corrected chi connectivity index (χ4v) is 3.01. The van der Waals surface area contributed by atoms with E-state index in [0.717, 1.165) is 6.42 Å². The molecule has 0 aromatic rings. The molecule has 1 saturated heterocycles. The van der Waals surface area contributed by atoms with E-state index in [1.54, 1.807) is 0 Å². The average Bonchev–Trinajstić information content (AvgIpc) is 2.48. The Morgan fingerprint density at radius 3 is 2.70 bits per heavy atom. The molecule has 2 aliphatic rings. The summed E-state index contributed by atoms with van der Waals surface area (Å²) >= 11 is 0. The zero-order valence-corrected chi connectivity index (χ0v) is 11.8. The smallest absolute Gasteiger partial charge is 0.328 e. The monoisotopic (exact) mass is 284 g/mol. The third-order valence-electron chi connectivity index (χ3n) is 4.23. The molecule has 1 aliphatic heterocycles. The molecule has 0 radical (unpaired) electrons. The molecule has 6 heteroatoms. The number of rotatable bonds is 4. The molecule has 2 fully saturated rings. The Morgan fingerprint density at radius 1 is 1.25 bits per heavy atom. The first kappa shape index (κ1) is 15.1. The first-order valence-electron chi connectivity index (χ1n) is 7.53. The van der Waals surface area contributed by atoms with Gasteiger partial charge in [-0.2, -0.15) is 0 Å². The maximum absolute atomic E-state index is 12.1. The quantitative estimate of drug-likeness (QED) is 0.819. The summed E-state index contributed by atoms with van der Waals surface area (Å²) in [6, 6.07) is -1.14. The van der Waals surface area contributed by atoms with Crippen molar-refractivity contribution in [2.45, 2.75) is 44.6 Å². The van der Waals surface area contributed by atoms with E-state index < -0.39 is 12.0 Å². The number of carboxylic acids is 1. The Morgan fingerprint density at radius 2 is 2.00 bits per heavy atom. The van der Waals surface area contributed by atoms with Crippen molar-refractivity contribution >= 4 is 12.0 Å². The number of nitrogens with zero attached hydrogens (tertiary/aromatic N) is 1. The zero-order valence-electron chi connectivity index (χ0n) is 11.8. The summed E-state index contributed by atoms with van der Waals surface area (Å²) in [5.74, 6) is -0.295. The number of morpholine rings is 1. The number of amides is 2. The lowest BCUT2D eigenvalue weighted by molar-refractivity contribution is -0.147. The van der Waals surface area contributed by atoms with Crippen LogP contribution in [0, 0.1) is 5.92 Å². The van der Waals surface area contributed by atoms with Crippen LogP contribution in [0.3, 0.4) is 0 Å². The van der Waals surface area contributed by atoms with Crippen molar-refractivity contribution in [3.8, 4) is 0 Å². The van der Waals surface area contributed by atoms with Gasteiger partial charge in [0.25, 0.3) is 0 Å². The van der Waals surface area contributed by atoms with Crippen molar-refractivity contribution in [2.75, 3.05) is 26.3 Å². The fraction of sp³-hybridized carbons (Fsp3) is 0.857. The number of ether oxygens (including phenoxy) is 1. The number of hydrogen-bond acceptors (Lipinski definition) is 3. The largest absolute Gasteiger partial charge is 0.480 e. The molecule has 1 heterocycles. The summed E-state index contributed by atoms with van der Waals surface area (Å²) in [6.07, 6.45) is 7.42. The van der Waals surface area contributed by atoms with Crippen molar-refractivity contribution in [1.82, 2.24) is 10.2 Å². The van der Waals surface area contributed by atoms with Crippen molar-refractivity contribution < 1.29 is 19.4 Å². The number of hydrogen-bond donors (Lipinski definition) is 2. The summed E-state index contributed by atoms with van der Waals surface area (Å²) in [5, 5.41) is 11.9. The fourth-order valence-electron chi connectivity index (χ4n) is 3.01. The van der Waals surface area contributed by atoms with E-state index >= 15 is 0 Å². The topological polar surface area (TPSA) is 78.9 Å². The van der Waals surface area contributed by atoms with Crippen LogP contribution >= 0.6 is 0 Å². The van der Waals surface area contributed by atoms with Gasteiger partial charge in [0.15, 0.2) is 6.04 Å². The second-order valence-electron chi connectivity index (χ2n) is 5.65. The second kappa shape index (κ2) is 7.47. The minimum Gasteiger partial charge on any atom is -0.480 e. The van der Waals surface area contributed by atoms with E-state index in [0.29, 0.717) is 25.6 Å². The SMILES string of the molecule is O=C(O)C1COCCN1C(=O)NCCC1CCCCC1. The highest BCUT2D eigenvalue weighted by atomic mass is 16.5. The molecule has 1 aliphatic carbocycles. The number of nitrogens with one attached hydrogen (secondary N) is 1. The van der Waals surface area contributed by atoms with Gasteiger partial charge < -0.3 is 20.1 Å². The van der Waals surface area contributed by atoms with Crippen LogP contribution in [-0.2, 0) is 9.53 Å². The number of aliphatic carboxylic acids is 1. The van der Waals surface area contributed by atoms with Crippen LogP contribution in [0.25, 0.3) is 0 Å². The van der Waals surface area contributed by atoms with Gasteiger partial charge in [-0.15, -0.1) is 0 Å². The molecule has 0 spiro atoms. The van der Waals surface area contributed by atoms with Gasteiger partial charge in [-0.1, -0.05) is 32.1 Å². The van der Waals surface area contributed by atoms with Crippen LogP contribution < -0.4 is 5.32 Å². The summed E-state index contributed by atoms with van der Waals surface area (Å²) in [4.78, 5) is 24.5. The van der Waals surface area contributed by atoms with Gasteiger partial charge >= 0.3 is 12.0 Å². The molecule has 1 saturated carbocycles. The number of urea groups is 1. The third kappa shape index (κ3) is 4.10. The Bertz CT molecular complexity index is 342. The molecule has 0 bridgehead atoms. The van der Waals surface area contributed by atoms with E-state index in [4.69, 9.17) is 9.84 Å². The van der Waals surface area contributed by atoms with Crippen LogP contribution in [0.4, 0.5) is 4.79 Å². The van der Waals surface area contributed by atoms with Gasteiger partial charge in [-0.3, -0.25) is 0 Å². The van der Waals surface area contributed by atoms with E-state index in [9.17, 15) is 9.59 Å². The van der Waals surface area contributed by atoms with E-state index in [1.807, 2.05) is 0 Å². The summed E-state index contributed by atoms with van der Waals surface area (Å²) in [6.45, 7) is 1.45. The maximum Gasteiger partial charge on any atom is 0.328 e. The van der Waals surface area contributed by atoms with Crippen molar-refractivity contribution in [3.63, 3.8) is 0 Å². The lowest BCUT2D eigenvalue weighted by Gasteiger charge is -2.33. The molecule has 0 aromatic carbocycles. The minimum absolute atomic E-state index is 0.0748. The predicted octanol–water partition coefficient (Wildman–Crippen LogP) is 1.45. The number of carboxylic acid groups (broad SMARTS) is 1.